The van der Waals surface area contributed by atoms with Crippen molar-refractivity contribution >= 4 is 17.7 Å². The maximum atomic E-state index is 11.3. The third-order valence-corrected chi connectivity index (χ3v) is 4.00. The van der Waals surface area contributed by atoms with Crippen molar-refractivity contribution in [3.63, 3.8) is 0 Å². The average Bonchev–Trinajstić information content (AvgIpc) is 2.54. The average molecular weight is 302 g/mol. The first-order valence-corrected chi connectivity index (χ1v) is 7.74. The van der Waals surface area contributed by atoms with Gasteiger partial charge in [-0.1, -0.05) is 12.1 Å². The number of hydrogen-bond donors (Lipinski definition) is 0. The van der Waals surface area contributed by atoms with Gasteiger partial charge in [-0.05, 0) is 48.9 Å². The number of thioether (sulfide) groups is 1. The van der Waals surface area contributed by atoms with Gasteiger partial charge in [-0.3, -0.25) is 0 Å². The standard InChI is InChI=1S/C17H18O3S/c1-3-20-15-8-10-16(11-9-15)21-12-13-4-6-14(7-5-13)17(18)19-2/h4-11H,3,12H2,1-2H3. The molecule has 2 aromatic carbocycles. The molecule has 21 heavy (non-hydrogen) atoms. The van der Waals surface area contributed by atoms with Crippen LogP contribution in [-0.4, -0.2) is 19.7 Å². The van der Waals surface area contributed by atoms with Crippen LogP contribution in [0.2, 0.25) is 0 Å². The quantitative estimate of drug-likeness (QED) is 0.593. The molecule has 0 aliphatic rings. The number of carbonyl (C=O) groups excluding carboxylic acids is 1. The Hall–Kier alpha value is -1.94. The van der Waals surface area contributed by atoms with Gasteiger partial charge >= 0.3 is 5.97 Å². The van der Waals surface area contributed by atoms with Gasteiger partial charge in [0.15, 0.2) is 0 Å². The highest BCUT2D eigenvalue weighted by molar-refractivity contribution is 7.98. The number of hydrogen-bond acceptors (Lipinski definition) is 4. The zero-order valence-corrected chi connectivity index (χ0v) is 13.0. The number of benzene rings is 2. The summed E-state index contributed by atoms with van der Waals surface area (Å²) >= 11 is 1.75. The summed E-state index contributed by atoms with van der Waals surface area (Å²) in [4.78, 5) is 12.5. The second kappa shape index (κ2) is 7.74. The van der Waals surface area contributed by atoms with E-state index in [1.165, 1.54) is 17.6 Å². The van der Waals surface area contributed by atoms with Crippen molar-refractivity contribution in [3.05, 3.63) is 59.7 Å². The molecule has 0 heterocycles. The van der Waals surface area contributed by atoms with Gasteiger partial charge in [-0.2, -0.15) is 0 Å². The van der Waals surface area contributed by atoms with Crippen molar-refractivity contribution in [2.45, 2.75) is 17.6 Å². The molecule has 0 saturated carbocycles. The molecule has 2 rings (SSSR count). The molecule has 0 aromatic heterocycles. The van der Waals surface area contributed by atoms with Crippen LogP contribution in [-0.2, 0) is 10.5 Å². The van der Waals surface area contributed by atoms with E-state index in [9.17, 15) is 4.79 Å². The molecule has 0 N–H and O–H groups in total. The van der Waals surface area contributed by atoms with Crippen molar-refractivity contribution in [1.82, 2.24) is 0 Å². The lowest BCUT2D eigenvalue weighted by atomic mass is 10.1. The Kier molecular flexibility index (Phi) is 5.69. The second-order valence-corrected chi connectivity index (χ2v) is 5.43. The minimum atomic E-state index is -0.305. The third kappa shape index (κ3) is 4.53. The lowest BCUT2D eigenvalue weighted by molar-refractivity contribution is 0.0600. The van der Waals surface area contributed by atoms with Gasteiger partial charge in [0.2, 0.25) is 0 Å². The molecule has 0 amide bonds. The van der Waals surface area contributed by atoms with Crippen LogP contribution < -0.4 is 4.74 Å². The summed E-state index contributed by atoms with van der Waals surface area (Å²) in [5, 5.41) is 0. The molecule has 0 bridgehead atoms. The molecule has 4 heteroatoms. The van der Waals surface area contributed by atoms with E-state index in [0.717, 1.165) is 11.5 Å². The van der Waals surface area contributed by atoms with E-state index in [2.05, 4.69) is 16.9 Å². The smallest absolute Gasteiger partial charge is 0.337 e. The van der Waals surface area contributed by atoms with Crippen LogP contribution in [0.1, 0.15) is 22.8 Å². The molecule has 2 aromatic rings. The van der Waals surface area contributed by atoms with Crippen molar-refractivity contribution in [3.8, 4) is 5.75 Å². The Bertz CT molecular complexity index is 576. The maximum Gasteiger partial charge on any atom is 0.337 e. The van der Waals surface area contributed by atoms with E-state index in [0.29, 0.717) is 12.2 Å². The fraction of sp³-hybridized carbons (Fsp3) is 0.235. The van der Waals surface area contributed by atoms with Crippen LogP contribution in [0.25, 0.3) is 0 Å². The van der Waals surface area contributed by atoms with Crippen LogP contribution in [0.5, 0.6) is 5.75 Å². The summed E-state index contributed by atoms with van der Waals surface area (Å²) in [5.41, 5.74) is 1.74. The Morgan fingerprint density at radius 1 is 1.05 bits per heavy atom. The van der Waals surface area contributed by atoms with E-state index >= 15 is 0 Å². The molecular weight excluding hydrogens is 284 g/mol. The summed E-state index contributed by atoms with van der Waals surface area (Å²) in [5.74, 6) is 1.44. The highest BCUT2D eigenvalue weighted by Gasteiger charge is 2.04. The molecular formula is C17H18O3S. The van der Waals surface area contributed by atoms with E-state index in [4.69, 9.17) is 4.74 Å². The highest BCUT2D eigenvalue weighted by Crippen LogP contribution is 2.25. The predicted octanol–water partition coefficient (Wildman–Crippen LogP) is 4.16. The summed E-state index contributed by atoms with van der Waals surface area (Å²) < 4.78 is 10.1. The van der Waals surface area contributed by atoms with Gasteiger partial charge in [0.05, 0.1) is 19.3 Å². The molecule has 0 fully saturated rings. The topological polar surface area (TPSA) is 35.5 Å². The molecule has 0 unspecified atom stereocenters. The van der Waals surface area contributed by atoms with E-state index < -0.39 is 0 Å². The Balaban J connectivity index is 1.91. The van der Waals surface area contributed by atoms with Crippen LogP contribution in [0, 0.1) is 0 Å². The molecule has 0 spiro atoms. The normalized spacial score (nSPS) is 10.2. The monoisotopic (exact) mass is 302 g/mol. The lowest BCUT2D eigenvalue weighted by Crippen LogP contribution is -2.00. The molecule has 0 atom stereocenters. The van der Waals surface area contributed by atoms with E-state index in [1.807, 2.05) is 31.2 Å². The minimum Gasteiger partial charge on any atom is -0.494 e. The first-order chi connectivity index (χ1) is 10.2. The molecule has 0 aliphatic carbocycles. The number of carbonyl (C=O) groups is 1. The fourth-order valence-electron chi connectivity index (χ4n) is 1.82. The van der Waals surface area contributed by atoms with E-state index in [-0.39, 0.29) is 5.97 Å². The van der Waals surface area contributed by atoms with E-state index in [1.54, 1.807) is 23.9 Å². The van der Waals surface area contributed by atoms with Crippen molar-refractivity contribution < 1.29 is 14.3 Å². The van der Waals surface area contributed by atoms with Crippen LogP contribution in [0.4, 0.5) is 0 Å². The molecule has 0 radical (unpaired) electrons. The molecule has 110 valence electrons. The number of rotatable bonds is 6. The SMILES string of the molecule is CCOc1ccc(SCc2ccc(C(=O)OC)cc2)cc1. The van der Waals surface area contributed by atoms with Crippen molar-refractivity contribution in [2.75, 3.05) is 13.7 Å². The first-order valence-electron chi connectivity index (χ1n) is 6.76. The van der Waals surface area contributed by atoms with Gasteiger partial charge < -0.3 is 9.47 Å². The highest BCUT2D eigenvalue weighted by atomic mass is 32.2. The van der Waals surface area contributed by atoms with Crippen LogP contribution >= 0.6 is 11.8 Å². The Labute approximate surface area is 129 Å². The van der Waals surface area contributed by atoms with Gasteiger partial charge in [0, 0.05) is 10.6 Å². The fourth-order valence-corrected chi connectivity index (χ4v) is 2.67. The van der Waals surface area contributed by atoms with Crippen molar-refractivity contribution in [1.29, 1.82) is 0 Å². The second-order valence-electron chi connectivity index (χ2n) is 4.38. The number of methoxy groups -OCH3 is 1. The molecule has 3 nitrogen and oxygen atoms in total. The predicted molar refractivity (Wildman–Crippen MR) is 85.0 cm³/mol. The summed E-state index contributed by atoms with van der Waals surface area (Å²) in [6.07, 6.45) is 0. The van der Waals surface area contributed by atoms with Gasteiger partial charge in [-0.25, -0.2) is 4.79 Å². The van der Waals surface area contributed by atoms with Gasteiger partial charge in [0.25, 0.3) is 0 Å². The largest absolute Gasteiger partial charge is 0.494 e. The Morgan fingerprint density at radius 2 is 1.71 bits per heavy atom. The third-order valence-electron chi connectivity index (χ3n) is 2.92. The lowest BCUT2D eigenvalue weighted by Gasteiger charge is -2.06. The molecule has 0 aliphatic heterocycles. The number of ether oxygens (including phenoxy) is 2. The van der Waals surface area contributed by atoms with Gasteiger partial charge in [-0.15, -0.1) is 11.8 Å². The molecule has 0 saturated heterocycles. The minimum absolute atomic E-state index is 0.305. The first kappa shape index (κ1) is 15.4. The van der Waals surface area contributed by atoms with Crippen LogP contribution in [0.15, 0.2) is 53.4 Å². The summed E-state index contributed by atoms with van der Waals surface area (Å²) in [7, 11) is 1.39. The van der Waals surface area contributed by atoms with Crippen molar-refractivity contribution in [2.24, 2.45) is 0 Å². The maximum absolute atomic E-state index is 11.3. The zero-order valence-electron chi connectivity index (χ0n) is 12.2. The number of esters is 1. The zero-order chi connectivity index (χ0) is 15.1. The van der Waals surface area contributed by atoms with Crippen LogP contribution in [0.3, 0.4) is 0 Å². The summed E-state index contributed by atoms with van der Waals surface area (Å²) in [6.45, 7) is 2.65. The van der Waals surface area contributed by atoms with Gasteiger partial charge in [0.1, 0.15) is 5.75 Å². The Morgan fingerprint density at radius 3 is 2.29 bits per heavy atom. The summed E-state index contributed by atoms with van der Waals surface area (Å²) in [6, 6.07) is 15.6.